The number of likely N-dealkylation sites (N-methyl/N-ethyl adjacent to an activating group) is 1. The van der Waals surface area contributed by atoms with E-state index in [4.69, 9.17) is 0 Å². The number of nitrogens with zero attached hydrogens (tertiary/aromatic N) is 1. The zero-order valence-electron chi connectivity index (χ0n) is 9.85. The molecule has 17 heavy (non-hydrogen) atoms. The second-order valence-electron chi connectivity index (χ2n) is 4.90. The maximum atomic E-state index is 13.9. The average Bonchev–Trinajstić information content (AvgIpc) is 2.55. The van der Waals surface area contributed by atoms with Crippen molar-refractivity contribution in [3.63, 3.8) is 0 Å². The van der Waals surface area contributed by atoms with Gasteiger partial charge in [-0.05, 0) is 25.6 Å². The molecule has 0 amide bonds. The number of rotatable bonds is 0. The summed E-state index contributed by atoms with van der Waals surface area (Å²) in [5.74, 6) is -2.78. The largest absolute Gasteiger partial charge is 0.353 e. The van der Waals surface area contributed by atoms with Crippen LogP contribution in [0.4, 0.5) is 8.78 Å². The van der Waals surface area contributed by atoms with Gasteiger partial charge in [-0.15, -0.1) is 0 Å². The van der Waals surface area contributed by atoms with Crippen molar-refractivity contribution in [2.45, 2.75) is 19.4 Å². The first-order valence-electron chi connectivity index (χ1n) is 5.65. The van der Waals surface area contributed by atoms with Crippen LogP contribution in [0.5, 0.6) is 0 Å². The summed E-state index contributed by atoms with van der Waals surface area (Å²) in [6.45, 7) is 2.32. The SMILES string of the molecule is Cc1ccc2c3c([nH]c2c1)C(F)(F)CN(C)C3. The minimum atomic E-state index is -2.78. The summed E-state index contributed by atoms with van der Waals surface area (Å²) >= 11 is 0. The molecule has 1 N–H and O–H groups in total. The Morgan fingerprint density at radius 1 is 1.35 bits per heavy atom. The molecule has 3 rings (SSSR count). The van der Waals surface area contributed by atoms with Crippen LogP contribution in [-0.4, -0.2) is 23.5 Å². The van der Waals surface area contributed by atoms with Crippen molar-refractivity contribution in [2.24, 2.45) is 0 Å². The molecular formula is C13H14F2N2. The summed E-state index contributed by atoms with van der Waals surface area (Å²) in [7, 11) is 1.73. The lowest BCUT2D eigenvalue weighted by Gasteiger charge is -2.29. The van der Waals surface area contributed by atoms with Crippen LogP contribution in [0.15, 0.2) is 18.2 Å². The molecule has 0 bridgehead atoms. The van der Waals surface area contributed by atoms with E-state index in [1.165, 1.54) is 0 Å². The van der Waals surface area contributed by atoms with Gasteiger partial charge in [-0.25, -0.2) is 0 Å². The Morgan fingerprint density at radius 3 is 2.88 bits per heavy atom. The zero-order chi connectivity index (χ0) is 12.2. The Labute approximate surface area is 98.2 Å². The molecule has 0 fully saturated rings. The van der Waals surface area contributed by atoms with Gasteiger partial charge in [0.15, 0.2) is 0 Å². The minimum Gasteiger partial charge on any atom is -0.353 e. The molecule has 2 aromatic rings. The third kappa shape index (κ3) is 1.55. The number of hydrogen-bond acceptors (Lipinski definition) is 1. The van der Waals surface area contributed by atoms with E-state index in [1.54, 1.807) is 11.9 Å². The van der Waals surface area contributed by atoms with Gasteiger partial charge in [-0.1, -0.05) is 12.1 Å². The smallest absolute Gasteiger partial charge is 0.300 e. The van der Waals surface area contributed by atoms with E-state index in [2.05, 4.69) is 4.98 Å². The molecule has 0 saturated carbocycles. The molecular weight excluding hydrogens is 222 g/mol. The number of H-pyrrole nitrogens is 1. The number of alkyl halides is 2. The lowest BCUT2D eigenvalue weighted by atomic mass is 10.0. The molecule has 1 aromatic carbocycles. The minimum absolute atomic E-state index is 0.0937. The van der Waals surface area contributed by atoms with E-state index >= 15 is 0 Å². The van der Waals surface area contributed by atoms with Crippen molar-refractivity contribution < 1.29 is 8.78 Å². The first-order valence-corrected chi connectivity index (χ1v) is 5.65. The van der Waals surface area contributed by atoms with Crippen molar-refractivity contribution in [1.82, 2.24) is 9.88 Å². The average molecular weight is 236 g/mol. The van der Waals surface area contributed by atoms with Crippen LogP contribution in [0.1, 0.15) is 16.8 Å². The van der Waals surface area contributed by atoms with Gasteiger partial charge in [-0.3, -0.25) is 4.90 Å². The highest BCUT2D eigenvalue weighted by atomic mass is 19.3. The molecule has 0 atom stereocenters. The lowest BCUT2D eigenvalue weighted by Crippen LogP contribution is -2.37. The number of fused-ring (bicyclic) bond motifs is 3. The van der Waals surface area contributed by atoms with Gasteiger partial charge >= 0.3 is 0 Å². The fourth-order valence-electron chi connectivity index (χ4n) is 2.59. The molecule has 2 nitrogen and oxygen atoms in total. The van der Waals surface area contributed by atoms with E-state index in [0.717, 1.165) is 22.0 Å². The van der Waals surface area contributed by atoms with E-state index < -0.39 is 5.92 Å². The third-order valence-corrected chi connectivity index (χ3v) is 3.32. The Bertz CT molecular complexity index is 586. The molecule has 90 valence electrons. The molecule has 0 saturated heterocycles. The van der Waals surface area contributed by atoms with E-state index in [0.29, 0.717) is 6.54 Å². The topological polar surface area (TPSA) is 19.0 Å². The van der Waals surface area contributed by atoms with Gasteiger partial charge in [0.2, 0.25) is 0 Å². The molecule has 4 heteroatoms. The molecule has 1 aliphatic rings. The van der Waals surface area contributed by atoms with E-state index in [9.17, 15) is 8.78 Å². The highest BCUT2D eigenvalue weighted by molar-refractivity contribution is 5.85. The van der Waals surface area contributed by atoms with Gasteiger partial charge in [0.1, 0.15) is 0 Å². The second-order valence-corrected chi connectivity index (χ2v) is 4.90. The van der Waals surface area contributed by atoms with Crippen LogP contribution in [0, 0.1) is 6.92 Å². The molecule has 0 radical (unpaired) electrons. The molecule has 0 unspecified atom stereocenters. The molecule has 0 spiro atoms. The number of halogens is 2. The second kappa shape index (κ2) is 3.29. The number of aromatic nitrogens is 1. The molecule has 2 heterocycles. The van der Waals surface area contributed by atoms with Crippen LogP contribution < -0.4 is 0 Å². The number of nitrogens with one attached hydrogen (secondary N) is 1. The number of benzene rings is 1. The summed E-state index contributed by atoms with van der Waals surface area (Å²) in [5.41, 5.74) is 2.72. The van der Waals surface area contributed by atoms with Crippen molar-refractivity contribution in [3.8, 4) is 0 Å². The van der Waals surface area contributed by atoms with Gasteiger partial charge in [-0.2, -0.15) is 8.78 Å². The highest BCUT2D eigenvalue weighted by Gasteiger charge is 2.41. The van der Waals surface area contributed by atoms with E-state index in [1.807, 2.05) is 25.1 Å². The van der Waals surface area contributed by atoms with Crippen molar-refractivity contribution >= 4 is 10.9 Å². The Morgan fingerprint density at radius 2 is 2.12 bits per heavy atom. The monoisotopic (exact) mass is 236 g/mol. The predicted molar refractivity (Wildman–Crippen MR) is 63.3 cm³/mol. The normalized spacial score (nSPS) is 19.5. The molecule has 1 aliphatic heterocycles. The zero-order valence-corrected chi connectivity index (χ0v) is 9.85. The van der Waals surface area contributed by atoms with Gasteiger partial charge in [0.25, 0.3) is 5.92 Å². The molecule has 0 aliphatic carbocycles. The Kier molecular flexibility index (Phi) is 2.08. The number of hydrogen-bond donors (Lipinski definition) is 1. The van der Waals surface area contributed by atoms with Crippen LogP contribution in [0.3, 0.4) is 0 Å². The van der Waals surface area contributed by atoms with Crippen molar-refractivity contribution in [1.29, 1.82) is 0 Å². The number of aryl methyl sites for hydroxylation is 1. The van der Waals surface area contributed by atoms with Crippen LogP contribution in [0.25, 0.3) is 10.9 Å². The van der Waals surface area contributed by atoms with Crippen molar-refractivity contribution in [2.75, 3.05) is 13.6 Å². The third-order valence-electron chi connectivity index (χ3n) is 3.32. The summed E-state index contributed by atoms with van der Waals surface area (Å²) in [5, 5.41) is 0.914. The van der Waals surface area contributed by atoms with Crippen LogP contribution in [0.2, 0.25) is 0 Å². The summed E-state index contributed by atoms with van der Waals surface area (Å²) in [6.07, 6.45) is 0. The Hall–Kier alpha value is -1.42. The quantitative estimate of drug-likeness (QED) is 0.745. The predicted octanol–water partition coefficient (Wildman–Crippen LogP) is 3.01. The first kappa shape index (κ1) is 10.7. The summed E-state index contributed by atoms with van der Waals surface area (Å²) in [6, 6.07) is 5.81. The first-order chi connectivity index (χ1) is 7.97. The standard InChI is InChI=1S/C13H14F2N2/c1-8-3-4-9-10-6-17(2)7-13(14,15)12(10)16-11(9)5-8/h3-5,16H,6-7H2,1-2H3. The molecule has 1 aromatic heterocycles. The van der Waals surface area contributed by atoms with Crippen LogP contribution in [-0.2, 0) is 12.5 Å². The van der Waals surface area contributed by atoms with E-state index in [-0.39, 0.29) is 12.2 Å². The maximum Gasteiger partial charge on any atom is 0.300 e. The maximum absolute atomic E-state index is 13.9. The fourth-order valence-corrected chi connectivity index (χ4v) is 2.59. The summed E-state index contributed by atoms with van der Waals surface area (Å²) in [4.78, 5) is 4.55. The Balaban J connectivity index is 2.30. The van der Waals surface area contributed by atoms with Crippen molar-refractivity contribution in [3.05, 3.63) is 35.0 Å². The van der Waals surface area contributed by atoms with Gasteiger partial charge in [0.05, 0.1) is 12.2 Å². The number of aromatic amines is 1. The highest BCUT2D eigenvalue weighted by Crippen LogP contribution is 2.39. The van der Waals surface area contributed by atoms with Crippen LogP contribution >= 0.6 is 0 Å². The lowest BCUT2D eigenvalue weighted by molar-refractivity contribution is -0.0485. The fraction of sp³-hybridized carbons (Fsp3) is 0.385. The summed E-state index contributed by atoms with van der Waals surface area (Å²) < 4.78 is 27.8. The van der Waals surface area contributed by atoms with Gasteiger partial charge < -0.3 is 4.98 Å². The van der Waals surface area contributed by atoms with Gasteiger partial charge in [0, 0.05) is 23.0 Å².